The van der Waals surface area contributed by atoms with E-state index in [0.717, 1.165) is 5.92 Å². The van der Waals surface area contributed by atoms with Gasteiger partial charge in [0.05, 0.1) is 0 Å². The smallest absolute Gasteiger partial charge is 0.0262 e. The lowest BCUT2D eigenvalue weighted by atomic mass is 9.53. The Labute approximate surface area is 161 Å². The average Bonchev–Trinajstić information content (AvgIpc) is 2.44. The molecule has 0 amide bonds. The molecule has 0 aromatic carbocycles. The molecule has 0 aromatic heterocycles. The van der Waals surface area contributed by atoms with Crippen molar-refractivity contribution < 1.29 is 0 Å². The van der Waals surface area contributed by atoms with Crippen molar-refractivity contribution in [3.8, 4) is 0 Å². The molecule has 0 aliphatic heterocycles. The summed E-state index contributed by atoms with van der Waals surface area (Å²) in [6, 6.07) is 0. The topological polar surface area (TPSA) is 0 Å². The van der Waals surface area contributed by atoms with Crippen LogP contribution in [0.3, 0.4) is 0 Å². The van der Waals surface area contributed by atoms with Crippen molar-refractivity contribution in [2.75, 3.05) is 0 Å². The van der Waals surface area contributed by atoms with E-state index in [2.05, 4.69) is 62.3 Å². The minimum atomic E-state index is 0.375. The summed E-state index contributed by atoms with van der Waals surface area (Å²) in [4.78, 5) is 0. The van der Waals surface area contributed by atoms with Gasteiger partial charge in [0.2, 0.25) is 0 Å². The molecule has 0 spiro atoms. The highest BCUT2D eigenvalue weighted by molar-refractivity contribution is 4.95. The zero-order chi connectivity index (χ0) is 19.6. The van der Waals surface area contributed by atoms with E-state index in [1.807, 2.05) is 0 Å². The van der Waals surface area contributed by atoms with Crippen LogP contribution in [0.25, 0.3) is 0 Å². The molecule has 0 radical (unpaired) electrons. The van der Waals surface area contributed by atoms with Crippen LogP contribution in [0.5, 0.6) is 0 Å². The van der Waals surface area contributed by atoms with Crippen molar-refractivity contribution in [3.05, 3.63) is 0 Å². The maximum atomic E-state index is 2.56. The van der Waals surface area contributed by atoms with Gasteiger partial charge in [0.25, 0.3) is 0 Å². The van der Waals surface area contributed by atoms with E-state index in [4.69, 9.17) is 0 Å². The van der Waals surface area contributed by atoms with Gasteiger partial charge in [-0.05, 0) is 35.0 Å². The minimum absolute atomic E-state index is 0.375. The molecular weight excluding hydrogens is 300 g/mol. The fourth-order valence-electron chi connectivity index (χ4n) is 6.06. The van der Waals surface area contributed by atoms with Gasteiger partial charge in [-0.2, -0.15) is 0 Å². The van der Waals surface area contributed by atoms with Crippen LogP contribution in [0.4, 0.5) is 0 Å². The SMILES string of the molecule is CCCCCCCCCC(C)(C)C(C(C)(C)C)C(C)(C)CCCCC. The first-order valence-corrected chi connectivity index (χ1v) is 11.5. The lowest BCUT2D eigenvalue weighted by molar-refractivity contribution is -0.0300. The monoisotopic (exact) mass is 352 g/mol. The summed E-state index contributed by atoms with van der Waals surface area (Å²) < 4.78 is 0. The molecule has 0 saturated carbocycles. The van der Waals surface area contributed by atoms with Crippen LogP contribution in [0.2, 0.25) is 0 Å². The Hall–Kier alpha value is 0. The lowest BCUT2D eigenvalue weighted by Crippen LogP contribution is -2.44. The normalized spacial score (nSPS) is 14.8. The van der Waals surface area contributed by atoms with Crippen LogP contribution < -0.4 is 0 Å². The third-order valence-electron chi connectivity index (χ3n) is 6.28. The van der Waals surface area contributed by atoms with Crippen molar-refractivity contribution in [1.29, 1.82) is 0 Å². The van der Waals surface area contributed by atoms with Gasteiger partial charge < -0.3 is 0 Å². The Bertz CT molecular complexity index is 315. The van der Waals surface area contributed by atoms with Crippen molar-refractivity contribution in [2.45, 2.75) is 139 Å². The second-order valence-corrected chi connectivity index (χ2v) is 11.1. The van der Waals surface area contributed by atoms with E-state index in [0.29, 0.717) is 16.2 Å². The van der Waals surface area contributed by atoms with E-state index in [-0.39, 0.29) is 0 Å². The van der Waals surface area contributed by atoms with Gasteiger partial charge in [0.1, 0.15) is 0 Å². The van der Waals surface area contributed by atoms with Gasteiger partial charge in [0.15, 0.2) is 0 Å². The third kappa shape index (κ3) is 10.0. The standard InChI is InChI=1S/C25H52/c1-10-12-14-15-16-17-19-21-25(8,9)22(23(3,4)5)24(6,7)20-18-13-11-2/h22H,10-21H2,1-9H3. The summed E-state index contributed by atoms with van der Waals surface area (Å²) in [6.07, 6.45) is 16.8. The van der Waals surface area contributed by atoms with Crippen molar-refractivity contribution in [1.82, 2.24) is 0 Å². The van der Waals surface area contributed by atoms with Gasteiger partial charge >= 0.3 is 0 Å². The predicted octanol–water partition coefficient (Wildman–Crippen LogP) is 9.42. The van der Waals surface area contributed by atoms with Gasteiger partial charge in [-0.3, -0.25) is 0 Å². The number of rotatable bonds is 14. The van der Waals surface area contributed by atoms with Crippen LogP contribution >= 0.6 is 0 Å². The molecule has 1 atom stereocenters. The quantitative estimate of drug-likeness (QED) is 0.273. The highest BCUT2D eigenvalue weighted by Gasteiger charge is 2.46. The summed E-state index contributed by atoms with van der Waals surface area (Å²) in [5.74, 6) is 0.768. The van der Waals surface area contributed by atoms with Gasteiger partial charge in [-0.1, -0.05) is 127 Å². The number of hydrogen-bond acceptors (Lipinski definition) is 0. The summed E-state index contributed by atoms with van der Waals surface area (Å²) >= 11 is 0. The van der Waals surface area contributed by atoms with E-state index >= 15 is 0 Å². The maximum absolute atomic E-state index is 2.56. The molecule has 0 fully saturated rings. The van der Waals surface area contributed by atoms with E-state index in [1.54, 1.807) is 0 Å². The highest BCUT2D eigenvalue weighted by atomic mass is 14.5. The fourth-order valence-corrected chi connectivity index (χ4v) is 6.06. The van der Waals surface area contributed by atoms with Gasteiger partial charge in [0, 0.05) is 0 Å². The van der Waals surface area contributed by atoms with Crippen molar-refractivity contribution >= 4 is 0 Å². The maximum Gasteiger partial charge on any atom is -0.0262 e. The molecule has 0 N–H and O–H groups in total. The van der Waals surface area contributed by atoms with Crippen LogP contribution in [0.1, 0.15) is 139 Å². The van der Waals surface area contributed by atoms with E-state index in [1.165, 1.54) is 77.0 Å². The molecule has 0 aliphatic carbocycles. The van der Waals surface area contributed by atoms with Gasteiger partial charge in [-0.25, -0.2) is 0 Å². The summed E-state index contributed by atoms with van der Waals surface area (Å²) in [6.45, 7) is 22.3. The first-order chi connectivity index (χ1) is 11.5. The summed E-state index contributed by atoms with van der Waals surface area (Å²) in [5, 5.41) is 0. The van der Waals surface area contributed by atoms with Crippen LogP contribution in [-0.4, -0.2) is 0 Å². The first-order valence-electron chi connectivity index (χ1n) is 11.5. The molecule has 1 unspecified atom stereocenters. The van der Waals surface area contributed by atoms with Gasteiger partial charge in [-0.15, -0.1) is 0 Å². The lowest BCUT2D eigenvalue weighted by Gasteiger charge is -2.52. The average molecular weight is 353 g/mol. The van der Waals surface area contributed by atoms with E-state index < -0.39 is 0 Å². The first kappa shape index (κ1) is 25.0. The van der Waals surface area contributed by atoms with Crippen molar-refractivity contribution in [3.63, 3.8) is 0 Å². The van der Waals surface area contributed by atoms with Crippen molar-refractivity contribution in [2.24, 2.45) is 22.2 Å². The molecule has 0 heterocycles. The largest absolute Gasteiger partial charge is 0.0654 e. The molecule has 0 aromatic rings. The third-order valence-corrected chi connectivity index (χ3v) is 6.28. The second kappa shape index (κ2) is 11.7. The van der Waals surface area contributed by atoms with Crippen LogP contribution in [0.15, 0.2) is 0 Å². The minimum Gasteiger partial charge on any atom is -0.0654 e. The molecule has 0 saturated heterocycles. The second-order valence-electron chi connectivity index (χ2n) is 11.1. The summed E-state index contributed by atoms with van der Waals surface area (Å²) in [7, 11) is 0. The summed E-state index contributed by atoms with van der Waals surface area (Å²) in [5.41, 5.74) is 1.23. The zero-order valence-electron chi connectivity index (χ0n) is 19.6. The molecule has 0 rings (SSSR count). The Morgan fingerprint density at radius 3 is 1.20 bits per heavy atom. The molecule has 0 aliphatic rings. The Morgan fingerprint density at radius 2 is 0.800 bits per heavy atom. The van der Waals surface area contributed by atoms with Crippen LogP contribution in [-0.2, 0) is 0 Å². The molecule has 0 bridgehead atoms. The predicted molar refractivity (Wildman–Crippen MR) is 117 cm³/mol. The molecular formula is C25H52. The number of hydrogen-bond donors (Lipinski definition) is 0. The molecule has 152 valence electrons. The Balaban J connectivity index is 4.72. The number of unbranched alkanes of at least 4 members (excludes halogenated alkanes) is 8. The molecule has 0 nitrogen and oxygen atoms in total. The van der Waals surface area contributed by atoms with Crippen LogP contribution in [0, 0.1) is 22.2 Å². The highest BCUT2D eigenvalue weighted by Crippen LogP contribution is 2.54. The van der Waals surface area contributed by atoms with E-state index in [9.17, 15) is 0 Å². The molecule has 0 heteroatoms. The molecule has 25 heavy (non-hydrogen) atoms. The zero-order valence-corrected chi connectivity index (χ0v) is 19.6. The Kier molecular flexibility index (Phi) is 11.7. The Morgan fingerprint density at radius 1 is 0.480 bits per heavy atom. The fraction of sp³-hybridized carbons (Fsp3) is 1.00.